The summed E-state index contributed by atoms with van der Waals surface area (Å²) in [5, 5.41) is 4.21. The maximum absolute atomic E-state index is 13.3. The van der Waals surface area contributed by atoms with Crippen LogP contribution in [0.4, 0.5) is 8.78 Å². The van der Waals surface area contributed by atoms with Crippen molar-refractivity contribution in [2.75, 3.05) is 6.54 Å². The molecule has 1 aliphatic rings. The summed E-state index contributed by atoms with van der Waals surface area (Å²) in [7, 11) is 0. The van der Waals surface area contributed by atoms with Gasteiger partial charge in [0.2, 0.25) is 5.92 Å². The first-order valence-corrected chi connectivity index (χ1v) is 7.76. The van der Waals surface area contributed by atoms with Crippen LogP contribution in [0.2, 0.25) is 5.02 Å². The number of hydrogen-bond donors (Lipinski definition) is 1. The molecule has 2 rings (SSSR count). The van der Waals surface area contributed by atoms with Crippen molar-refractivity contribution in [3.63, 3.8) is 0 Å². The average Bonchev–Trinajstić information content (AvgIpc) is 2.41. The first-order chi connectivity index (χ1) is 9.52. The fraction of sp³-hybridized carbons (Fsp3) is 0.625. The minimum absolute atomic E-state index is 0.00252. The molecule has 1 aromatic carbocycles. The van der Waals surface area contributed by atoms with Crippen LogP contribution in [-0.2, 0) is 0 Å². The van der Waals surface area contributed by atoms with Crippen LogP contribution in [0.5, 0.6) is 0 Å². The average molecular weight is 302 g/mol. The molecule has 0 heterocycles. The second-order valence-electron chi connectivity index (χ2n) is 5.68. The zero-order valence-electron chi connectivity index (χ0n) is 11.8. The molecule has 0 aromatic heterocycles. The van der Waals surface area contributed by atoms with Crippen LogP contribution in [0.3, 0.4) is 0 Å². The summed E-state index contributed by atoms with van der Waals surface area (Å²) >= 11 is 6.06. The van der Waals surface area contributed by atoms with Gasteiger partial charge in [-0.1, -0.05) is 30.7 Å². The van der Waals surface area contributed by atoms with E-state index in [1.165, 1.54) is 0 Å². The largest absolute Gasteiger partial charge is 0.310 e. The van der Waals surface area contributed by atoms with Gasteiger partial charge >= 0.3 is 0 Å². The van der Waals surface area contributed by atoms with Crippen LogP contribution >= 0.6 is 11.6 Å². The van der Waals surface area contributed by atoms with E-state index in [2.05, 4.69) is 12.2 Å². The Morgan fingerprint density at radius 3 is 2.65 bits per heavy atom. The van der Waals surface area contributed by atoms with E-state index in [0.717, 1.165) is 18.5 Å². The molecule has 1 unspecified atom stereocenters. The molecular weight excluding hydrogens is 280 g/mol. The van der Waals surface area contributed by atoms with E-state index in [4.69, 9.17) is 11.6 Å². The first kappa shape index (κ1) is 15.7. The van der Waals surface area contributed by atoms with Gasteiger partial charge < -0.3 is 5.32 Å². The van der Waals surface area contributed by atoms with Crippen LogP contribution in [0, 0.1) is 5.92 Å². The van der Waals surface area contributed by atoms with Gasteiger partial charge in [0.15, 0.2) is 0 Å². The third-order valence-corrected chi connectivity index (χ3v) is 4.29. The molecule has 4 heteroatoms. The molecule has 1 fully saturated rings. The lowest BCUT2D eigenvalue weighted by molar-refractivity contribution is -0.0497. The van der Waals surface area contributed by atoms with Crippen molar-refractivity contribution in [1.82, 2.24) is 5.32 Å². The minimum Gasteiger partial charge on any atom is -0.310 e. The van der Waals surface area contributed by atoms with Crippen LogP contribution in [-0.4, -0.2) is 12.5 Å². The van der Waals surface area contributed by atoms with E-state index in [-0.39, 0.29) is 24.8 Å². The number of rotatable bonds is 5. The van der Waals surface area contributed by atoms with Crippen molar-refractivity contribution in [1.29, 1.82) is 0 Å². The van der Waals surface area contributed by atoms with Crippen LogP contribution < -0.4 is 5.32 Å². The number of hydrogen-bond acceptors (Lipinski definition) is 1. The smallest absolute Gasteiger partial charge is 0.248 e. The van der Waals surface area contributed by atoms with Crippen LogP contribution in [0.15, 0.2) is 24.3 Å². The maximum Gasteiger partial charge on any atom is 0.248 e. The Labute approximate surface area is 124 Å². The van der Waals surface area contributed by atoms with Crippen molar-refractivity contribution in [2.45, 2.75) is 51.0 Å². The van der Waals surface area contributed by atoms with Gasteiger partial charge in [-0.05, 0) is 49.4 Å². The zero-order chi connectivity index (χ0) is 14.6. The Morgan fingerprint density at radius 1 is 1.35 bits per heavy atom. The Hall–Kier alpha value is -0.670. The third-order valence-electron chi connectivity index (χ3n) is 4.06. The highest BCUT2D eigenvalue weighted by atomic mass is 35.5. The highest BCUT2D eigenvalue weighted by molar-refractivity contribution is 6.30. The van der Waals surface area contributed by atoms with E-state index in [0.29, 0.717) is 17.9 Å². The Balaban J connectivity index is 2.11. The zero-order valence-corrected chi connectivity index (χ0v) is 12.6. The fourth-order valence-corrected chi connectivity index (χ4v) is 3.15. The summed E-state index contributed by atoms with van der Waals surface area (Å²) < 4.78 is 26.6. The summed E-state index contributed by atoms with van der Waals surface area (Å²) in [6.07, 6.45) is 2.17. The van der Waals surface area contributed by atoms with Crippen molar-refractivity contribution in [3.8, 4) is 0 Å². The summed E-state index contributed by atoms with van der Waals surface area (Å²) in [6, 6.07) is 7.88. The molecule has 20 heavy (non-hydrogen) atoms. The Morgan fingerprint density at radius 2 is 2.05 bits per heavy atom. The number of nitrogens with one attached hydrogen (secondary N) is 1. The summed E-state index contributed by atoms with van der Waals surface area (Å²) in [5.41, 5.74) is 1.11. The first-order valence-electron chi connectivity index (χ1n) is 7.38. The lowest BCUT2D eigenvalue weighted by atomic mass is 9.79. The van der Waals surface area contributed by atoms with Crippen molar-refractivity contribution in [3.05, 3.63) is 34.9 Å². The molecule has 1 atom stereocenters. The molecular formula is C16H22ClF2N. The van der Waals surface area contributed by atoms with Gasteiger partial charge in [-0.25, -0.2) is 8.78 Å². The molecule has 0 radical (unpaired) electrons. The molecule has 0 aliphatic heterocycles. The minimum atomic E-state index is -2.47. The molecule has 1 nitrogen and oxygen atoms in total. The SMILES string of the molecule is CCCNC(c1cccc(Cl)c1)C1CCC(F)(F)CC1. The van der Waals surface area contributed by atoms with Gasteiger partial charge in [-0.15, -0.1) is 0 Å². The van der Waals surface area contributed by atoms with Gasteiger partial charge in [0.1, 0.15) is 0 Å². The van der Waals surface area contributed by atoms with Gasteiger partial charge in [-0.2, -0.15) is 0 Å². The quantitative estimate of drug-likeness (QED) is 0.787. The van der Waals surface area contributed by atoms with Gasteiger partial charge in [0.25, 0.3) is 0 Å². The van der Waals surface area contributed by atoms with E-state index in [1.54, 1.807) is 0 Å². The molecule has 0 spiro atoms. The second kappa shape index (κ2) is 6.86. The normalized spacial score (nSPS) is 20.8. The maximum atomic E-state index is 13.3. The lowest BCUT2D eigenvalue weighted by Gasteiger charge is -2.34. The molecule has 1 aliphatic carbocycles. The number of benzene rings is 1. The monoisotopic (exact) mass is 301 g/mol. The van der Waals surface area contributed by atoms with Gasteiger partial charge in [0.05, 0.1) is 0 Å². The second-order valence-corrected chi connectivity index (χ2v) is 6.12. The van der Waals surface area contributed by atoms with Crippen LogP contribution in [0.25, 0.3) is 0 Å². The predicted octanol–water partition coefficient (Wildman–Crippen LogP) is 5.21. The Kier molecular flexibility index (Phi) is 5.39. The topological polar surface area (TPSA) is 12.0 Å². The van der Waals surface area contributed by atoms with Gasteiger partial charge in [-0.3, -0.25) is 0 Å². The van der Waals surface area contributed by atoms with E-state index >= 15 is 0 Å². The lowest BCUT2D eigenvalue weighted by Crippen LogP contribution is -2.34. The molecule has 1 aromatic rings. The van der Waals surface area contributed by atoms with E-state index in [9.17, 15) is 8.78 Å². The summed E-state index contributed by atoms with van der Waals surface area (Å²) in [5.74, 6) is -2.21. The van der Waals surface area contributed by atoms with Crippen molar-refractivity contribution < 1.29 is 8.78 Å². The number of alkyl halides is 2. The fourth-order valence-electron chi connectivity index (χ4n) is 2.95. The molecule has 1 N–H and O–H groups in total. The Bertz CT molecular complexity index is 426. The molecule has 1 saturated carbocycles. The predicted molar refractivity (Wildman–Crippen MR) is 79.4 cm³/mol. The summed E-state index contributed by atoms with van der Waals surface area (Å²) in [6.45, 7) is 3.00. The van der Waals surface area contributed by atoms with Crippen molar-refractivity contribution >= 4 is 11.6 Å². The van der Waals surface area contributed by atoms with Gasteiger partial charge in [0, 0.05) is 23.9 Å². The highest BCUT2D eigenvalue weighted by Gasteiger charge is 2.37. The van der Waals surface area contributed by atoms with Crippen LogP contribution in [0.1, 0.15) is 50.6 Å². The van der Waals surface area contributed by atoms with E-state index in [1.807, 2.05) is 24.3 Å². The highest BCUT2D eigenvalue weighted by Crippen LogP contribution is 2.41. The van der Waals surface area contributed by atoms with E-state index < -0.39 is 5.92 Å². The molecule has 0 bridgehead atoms. The summed E-state index contributed by atoms with van der Waals surface area (Å²) in [4.78, 5) is 0. The number of halogens is 3. The molecule has 0 saturated heterocycles. The molecule has 112 valence electrons. The third kappa shape index (κ3) is 4.16. The standard InChI is InChI=1S/C16H22ClF2N/c1-2-10-20-15(13-4-3-5-14(17)11-13)12-6-8-16(18,19)9-7-12/h3-5,11-12,15,20H,2,6-10H2,1H3. The van der Waals surface area contributed by atoms with Crippen molar-refractivity contribution in [2.24, 2.45) is 5.92 Å². The molecule has 0 amide bonds.